The Hall–Kier alpha value is -1.77. The number of nitrogens with zero attached hydrogens (tertiary/aromatic N) is 1. The maximum absolute atomic E-state index is 4.47. The fourth-order valence-electron chi connectivity index (χ4n) is 2.98. The fraction of sp³-hybridized carbons (Fsp3) is 0.438. The van der Waals surface area contributed by atoms with E-state index < -0.39 is 0 Å². The molecular weight excluding hydrogens is 234 g/mol. The largest absolute Gasteiger partial charge is 0.366 e. The lowest BCUT2D eigenvalue weighted by atomic mass is 9.72. The van der Waals surface area contributed by atoms with E-state index >= 15 is 0 Å². The van der Waals surface area contributed by atoms with Crippen molar-refractivity contribution in [2.24, 2.45) is 0 Å². The molecule has 1 heterocycles. The van der Waals surface area contributed by atoms with Gasteiger partial charge in [-0.3, -0.25) is 5.10 Å². The SMILES string of the molecule is CC(C)Nc1n[nH]c2c1CC(C)(C)c1ccccc1-2. The summed E-state index contributed by atoms with van der Waals surface area (Å²) < 4.78 is 0. The second-order valence-electron chi connectivity index (χ2n) is 6.33. The lowest BCUT2D eigenvalue weighted by molar-refractivity contribution is 0.517. The van der Waals surface area contributed by atoms with E-state index in [9.17, 15) is 0 Å². The second kappa shape index (κ2) is 4.12. The molecule has 0 fully saturated rings. The van der Waals surface area contributed by atoms with Crippen LogP contribution >= 0.6 is 0 Å². The number of hydrogen-bond donors (Lipinski definition) is 2. The summed E-state index contributed by atoms with van der Waals surface area (Å²) in [6.45, 7) is 8.90. The van der Waals surface area contributed by atoms with Crippen LogP contribution in [0.4, 0.5) is 5.82 Å². The summed E-state index contributed by atoms with van der Waals surface area (Å²) in [5.41, 5.74) is 5.34. The summed E-state index contributed by atoms with van der Waals surface area (Å²) in [6, 6.07) is 9.03. The van der Waals surface area contributed by atoms with Gasteiger partial charge in [0, 0.05) is 17.2 Å². The lowest BCUT2D eigenvalue weighted by Gasteiger charge is -2.32. The number of aromatic amines is 1. The van der Waals surface area contributed by atoms with Gasteiger partial charge in [0.05, 0.1) is 5.69 Å². The van der Waals surface area contributed by atoms with Gasteiger partial charge in [0.2, 0.25) is 0 Å². The van der Waals surface area contributed by atoms with E-state index in [4.69, 9.17) is 0 Å². The van der Waals surface area contributed by atoms with Crippen LogP contribution in [-0.2, 0) is 11.8 Å². The van der Waals surface area contributed by atoms with Gasteiger partial charge in [-0.05, 0) is 31.2 Å². The van der Waals surface area contributed by atoms with Crippen LogP contribution in [0, 0.1) is 0 Å². The summed E-state index contributed by atoms with van der Waals surface area (Å²) in [6.07, 6.45) is 1.02. The summed E-state index contributed by atoms with van der Waals surface area (Å²) in [4.78, 5) is 0. The van der Waals surface area contributed by atoms with Crippen LogP contribution in [0.25, 0.3) is 11.3 Å². The number of hydrogen-bond acceptors (Lipinski definition) is 2. The third-order valence-electron chi connectivity index (χ3n) is 3.84. The monoisotopic (exact) mass is 255 g/mol. The van der Waals surface area contributed by atoms with Crippen LogP contribution in [0.15, 0.2) is 24.3 Å². The number of nitrogens with one attached hydrogen (secondary N) is 2. The molecule has 0 bridgehead atoms. The predicted octanol–water partition coefficient (Wildman–Crippen LogP) is 3.73. The Balaban J connectivity index is 2.16. The lowest BCUT2D eigenvalue weighted by Crippen LogP contribution is -2.26. The molecule has 2 N–H and O–H groups in total. The van der Waals surface area contributed by atoms with Crippen molar-refractivity contribution in [1.82, 2.24) is 10.2 Å². The number of anilines is 1. The fourth-order valence-corrected chi connectivity index (χ4v) is 2.98. The number of rotatable bonds is 2. The van der Waals surface area contributed by atoms with Crippen LogP contribution < -0.4 is 5.32 Å². The molecule has 0 saturated carbocycles. The molecule has 1 aliphatic carbocycles. The van der Waals surface area contributed by atoms with Gasteiger partial charge in [-0.2, -0.15) is 5.10 Å². The van der Waals surface area contributed by atoms with Crippen LogP contribution in [0.3, 0.4) is 0 Å². The highest BCUT2D eigenvalue weighted by Gasteiger charge is 2.33. The zero-order valence-corrected chi connectivity index (χ0v) is 12.0. The standard InChI is InChI=1S/C16H21N3/c1-10(2)17-15-12-9-16(3,4)13-8-6-5-7-11(13)14(12)18-19-15/h5-8,10H,9H2,1-4H3,(H2,17,18,19). The molecule has 19 heavy (non-hydrogen) atoms. The average Bonchev–Trinajstić information content (AvgIpc) is 2.71. The van der Waals surface area contributed by atoms with Gasteiger partial charge in [0.25, 0.3) is 0 Å². The smallest absolute Gasteiger partial charge is 0.151 e. The Morgan fingerprint density at radius 1 is 1.26 bits per heavy atom. The van der Waals surface area contributed by atoms with Crippen molar-refractivity contribution in [3.8, 4) is 11.3 Å². The highest BCUT2D eigenvalue weighted by atomic mass is 15.2. The maximum Gasteiger partial charge on any atom is 0.151 e. The van der Waals surface area contributed by atoms with Gasteiger partial charge in [0.15, 0.2) is 5.82 Å². The maximum atomic E-state index is 4.47. The zero-order chi connectivity index (χ0) is 13.6. The molecule has 0 unspecified atom stereocenters. The van der Waals surface area contributed by atoms with Gasteiger partial charge in [-0.1, -0.05) is 38.1 Å². The Kier molecular flexibility index (Phi) is 2.66. The molecule has 0 saturated heterocycles. The zero-order valence-electron chi connectivity index (χ0n) is 12.0. The van der Waals surface area contributed by atoms with E-state index in [-0.39, 0.29) is 5.41 Å². The first-order valence-electron chi connectivity index (χ1n) is 6.93. The quantitative estimate of drug-likeness (QED) is 0.858. The van der Waals surface area contributed by atoms with E-state index in [0.29, 0.717) is 6.04 Å². The van der Waals surface area contributed by atoms with Gasteiger partial charge in [-0.15, -0.1) is 0 Å². The van der Waals surface area contributed by atoms with Crippen molar-refractivity contribution in [2.45, 2.75) is 45.6 Å². The number of aromatic nitrogens is 2. The summed E-state index contributed by atoms with van der Waals surface area (Å²) in [5, 5.41) is 11.1. The molecule has 1 aromatic heterocycles. The van der Waals surface area contributed by atoms with E-state index in [1.807, 2.05) is 0 Å². The van der Waals surface area contributed by atoms with Crippen molar-refractivity contribution in [2.75, 3.05) is 5.32 Å². The Morgan fingerprint density at radius 2 is 2.00 bits per heavy atom. The van der Waals surface area contributed by atoms with Crippen molar-refractivity contribution >= 4 is 5.82 Å². The number of benzene rings is 1. The minimum atomic E-state index is 0.154. The highest BCUT2D eigenvalue weighted by Crippen LogP contribution is 2.44. The third-order valence-corrected chi connectivity index (χ3v) is 3.84. The Morgan fingerprint density at radius 3 is 2.74 bits per heavy atom. The molecule has 0 aliphatic heterocycles. The molecule has 3 nitrogen and oxygen atoms in total. The van der Waals surface area contributed by atoms with Gasteiger partial charge in [-0.25, -0.2) is 0 Å². The van der Waals surface area contributed by atoms with Crippen molar-refractivity contribution in [1.29, 1.82) is 0 Å². The summed E-state index contributed by atoms with van der Waals surface area (Å²) in [5.74, 6) is 1.01. The molecule has 0 spiro atoms. The van der Waals surface area contributed by atoms with Gasteiger partial charge >= 0.3 is 0 Å². The first kappa shape index (κ1) is 12.3. The van der Waals surface area contributed by atoms with Gasteiger partial charge in [0.1, 0.15) is 0 Å². The van der Waals surface area contributed by atoms with E-state index in [0.717, 1.165) is 12.2 Å². The molecule has 0 amide bonds. The van der Waals surface area contributed by atoms with E-state index in [2.05, 4.69) is 67.5 Å². The minimum Gasteiger partial charge on any atom is -0.366 e. The van der Waals surface area contributed by atoms with E-state index in [1.54, 1.807) is 0 Å². The van der Waals surface area contributed by atoms with Crippen molar-refractivity contribution in [3.05, 3.63) is 35.4 Å². The molecule has 3 heteroatoms. The summed E-state index contributed by atoms with van der Waals surface area (Å²) >= 11 is 0. The molecule has 0 atom stereocenters. The average molecular weight is 255 g/mol. The van der Waals surface area contributed by atoms with Gasteiger partial charge < -0.3 is 5.32 Å². The summed E-state index contributed by atoms with van der Waals surface area (Å²) in [7, 11) is 0. The second-order valence-corrected chi connectivity index (χ2v) is 6.33. The van der Waals surface area contributed by atoms with Crippen LogP contribution in [0.2, 0.25) is 0 Å². The minimum absolute atomic E-state index is 0.154. The molecule has 1 aliphatic rings. The molecular formula is C16H21N3. The predicted molar refractivity (Wildman–Crippen MR) is 79.5 cm³/mol. The van der Waals surface area contributed by atoms with E-state index in [1.165, 1.54) is 22.4 Å². The Labute approximate surface area is 114 Å². The number of H-pyrrole nitrogens is 1. The number of fused-ring (bicyclic) bond motifs is 3. The van der Waals surface area contributed by atoms with Crippen LogP contribution in [0.5, 0.6) is 0 Å². The molecule has 3 rings (SSSR count). The Bertz CT molecular complexity index is 608. The first-order valence-corrected chi connectivity index (χ1v) is 6.93. The topological polar surface area (TPSA) is 40.7 Å². The highest BCUT2D eigenvalue weighted by molar-refractivity contribution is 5.76. The first-order chi connectivity index (χ1) is 8.99. The molecule has 2 aromatic rings. The molecule has 100 valence electrons. The van der Waals surface area contributed by atoms with Crippen molar-refractivity contribution in [3.63, 3.8) is 0 Å². The van der Waals surface area contributed by atoms with Crippen LogP contribution in [-0.4, -0.2) is 16.2 Å². The van der Waals surface area contributed by atoms with Crippen LogP contribution in [0.1, 0.15) is 38.8 Å². The third kappa shape index (κ3) is 1.93. The molecule has 1 aromatic carbocycles. The molecule has 0 radical (unpaired) electrons. The normalized spacial score (nSPS) is 16.1. The van der Waals surface area contributed by atoms with Crippen molar-refractivity contribution < 1.29 is 0 Å².